The Labute approximate surface area is 190 Å². The second-order valence-corrected chi connectivity index (χ2v) is 9.63. The topological polar surface area (TPSA) is 39.3 Å². The third kappa shape index (κ3) is 2.83. The Morgan fingerprint density at radius 2 is 1.97 bits per heavy atom. The van der Waals surface area contributed by atoms with Gasteiger partial charge >= 0.3 is 0 Å². The number of benzene rings is 2. The minimum absolute atomic E-state index is 0.154. The number of hydrogen-bond acceptors (Lipinski definition) is 2. The monoisotopic (exact) mass is 473 g/mol. The SMILES string of the molecule is C=CCN1CC2=C(C1=O)N1CCc3c([nH]c4ccccc34)[C@H]1C[C@@H]2c1ccc(Br)cc1. The maximum absolute atomic E-state index is 13.5. The van der Waals surface area contributed by atoms with Gasteiger partial charge in [-0.05, 0) is 47.7 Å². The molecule has 4 heterocycles. The van der Waals surface area contributed by atoms with Crippen LogP contribution in [0.5, 0.6) is 0 Å². The molecule has 1 amide bonds. The summed E-state index contributed by atoms with van der Waals surface area (Å²) in [5.41, 5.74) is 7.38. The molecule has 31 heavy (non-hydrogen) atoms. The molecule has 3 aliphatic heterocycles. The minimum Gasteiger partial charge on any atom is -0.358 e. The van der Waals surface area contributed by atoms with Crippen LogP contribution in [-0.2, 0) is 11.2 Å². The van der Waals surface area contributed by atoms with E-state index in [0.717, 1.165) is 29.6 Å². The number of nitrogens with one attached hydrogen (secondary N) is 1. The zero-order chi connectivity index (χ0) is 21.1. The van der Waals surface area contributed by atoms with Crippen molar-refractivity contribution >= 4 is 32.7 Å². The lowest BCUT2D eigenvalue weighted by atomic mass is 9.78. The summed E-state index contributed by atoms with van der Waals surface area (Å²) in [6.45, 7) is 6.04. The van der Waals surface area contributed by atoms with Gasteiger partial charge in [0.15, 0.2) is 0 Å². The van der Waals surface area contributed by atoms with Crippen LogP contribution in [0.2, 0.25) is 0 Å². The van der Waals surface area contributed by atoms with Crippen LogP contribution in [0.3, 0.4) is 0 Å². The molecule has 0 radical (unpaired) electrons. The highest BCUT2D eigenvalue weighted by Gasteiger charge is 2.46. The molecule has 0 bridgehead atoms. The largest absolute Gasteiger partial charge is 0.358 e. The lowest BCUT2D eigenvalue weighted by Gasteiger charge is -2.43. The Morgan fingerprint density at radius 3 is 2.77 bits per heavy atom. The van der Waals surface area contributed by atoms with E-state index in [1.165, 1.54) is 33.3 Å². The number of para-hydroxylation sites is 1. The van der Waals surface area contributed by atoms with E-state index in [1.807, 2.05) is 11.0 Å². The number of amides is 1. The van der Waals surface area contributed by atoms with Crippen molar-refractivity contribution in [3.63, 3.8) is 0 Å². The van der Waals surface area contributed by atoms with Gasteiger partial charge < -0.3 is 14.8 Å². The molecule has 5 heteroatoms. The first-order valence-electron chi connectivity index (χ1n) is 10.9. The van der Waals surface area contributed by atoms with Crippen molar-refractivity contribution in [1.82, 2.24) is 14.8 Å². The Balaban J connectivity index is 1.50. The molecule has 0 spiro atoms. The van der Waals surface area contributed by atoms with Gasteiger partial charge in [0, 0.05) is 46.6 Å². The fraction of sp³-hybridized carbons (Fsp3) is 0.269. The third-order valence-corrected chi connectivity index (χ3v) is 7.63. The van der Waals surface area contributed by atoms with Gasteiger partial charge in [0.1, 0.15) is 5.70 Å². The van der Waals surface area contributed by atoms with E-state index in [2.05, 4.69) is 80.9 Å². The van der Waals surface area contributed by atoms with Crippen LogP contribution >= 0.6 is 15.9 Å². The predicted octanol–water partition coefficient (Wildman–Crippen LogP) is 5.30. The average Bonchev–Trinajstić information content (AvgIpc) is 3.32. The molecule has 3 aliphatic rings. The number of rotatable bonds is 3. The summed E-state index contributed by atoms with van der Waals surface area (Å²) in [5, 5.41) is 1.32. The minimum atomic E-state index is 0.154. The average molecular weight is 474 g/mol. The summed E-state index contributed by atoms with van der Waals surface area (Å²) >= 11 is 3.56. The molecule has 0 saturated carbocycles. The van der Waals surface area contributed by atoms with Crippen LogP contribution in [0.1, 0.15) is 35.2 Å². The van der Waals surface area contributed by atoms with Gasteiger partial charge in [-0.15, -0.1) is 6.58 Å². The van der Waals surface area contributed by atoms with E-state index in [0.29, 0.717) is 13.1 Å². The number of aromatic amines is 1. The van der Waals surface area contributed by atoms with Gasteiger partial charge in [-0.3, -0.25) is 4.79 Å². The summed E-state index contributed by atoms with van der Waals surface area (Å²) < 4.78 is 1.08. The molecule has 0 saturated heterocycles. The zero-order valence-corrected chi connectivity index (χ0v) is 18.9. The molecule has 156 valence electrons. The number of H-pyrrole nitrogens is 1. The van der Waals surface area contributed by atoms with Gasteiger partial charge in [-0.2, -0.15) is 0 Å². The van der Waals surface area contributed by atoms with Crippen LogP contribution in [-0.4, -0.2) is 40.3 Å². The van der Waals surface area contributed by atoms with Gasteiger partial charge in [0.2, 0.25) is 0 Å². The molecular formula is C26H24BrN3O. The molecule has 0 fully saturated rings. The van der Waals surface area contributed by atoms with Crippen LogP contribution in [0.25, 0.3) is 10.9 Å². The van der Waals surface area contributed by atoms with Gasteiger partial charge in [0.25, 0.3) is 5.91 Å². The van der Waals surface area contributed by atoms with Crippen molar-refractivity contribution in [2.45, 2.75) is 24.8 Å². The number of aromatic nitrogens is 1. The Hall–Kier alpha value is -2.79. The number of carbonyl (C=O) groups excluding carboxylic acids is 1. The van der Waals surface area contributed by atoms with Gasteiger partial charge in [-0.25, -0.2) is 0 Å². The van der Waals surface area contributed by atoms with E-state index in [4.69, 9.17) is 0 Å². The molecule has 1 aromatic heterocycles. The van der Waals surface area contributed by atoms with Crippen molar-refractivity contribution in [2.75, 3.05) is 19.6 Å². The standard InChI is InChI=1S/C26H24BrN3O/c1-2-12-29-15-21-20(16-7-9-17(27)10-8-16)14-23-24-19(11-13-30(23)25(21)26(29)31)18-5-3-4-6-22(18)28-24/h2-10,20,23,28H,1,11-15H2/t20-,23-/m1/s1. The highest BCUT2D eigenvalue weighted by molar-refractivity contribution is 9.10. The van der Waals surface area contributed by atoms with Crippen molar-refractivity contribution in [3.8, 4) is 0 Å². The van der Waals surface area contributed by atoms with Crippen molar-refractivity contribution < 1.29 is 4.79 Å². The first-order chi connectivity index (χ1) is 15.2. The quantitative estimate of drug-likeness (QED) is 0.524. The van der Waals surface area contributed by atoms with Crippen molar-refractivity contribution in [2.24, 2.45) is 0 Å². The Bertz CT molecular complexity index is 1240. The van der Waals surface area contributed by atoms with Crippen LogP contribution in [0, 0.1) is 0 Å². The van der Waals surface area contributed by atoms with Crippen LogP contribution in [0.15, 0.2) is 76.9 Å². The van der Waals surface area contributed by atoms with E-state index in [-0.39, 0.29) is 17.9 Å². The number of carbonyl (C=O) groups is 1. The van der Waals surface area contributed by atoms with Crippen molar-refractivity contribution in [3.05, 3.63) is 93.7 Å². The highest BCUT2D eigenvalue weighted by atomic mass is 79.9. The van der Waals surface area contributed by atoms with Gasteiger partial charge in [0.05, 0.1) is 6.04 Å². The lowest BCUT2D eigenvalue weighted by molar-refractivity contribution is -0.126. The second-order valence-electron chi connectivity index (χ2n) is 8.71. The van der Waals surface area contributed by atoms with Crippen molar-refractivity contribution in [1.29, 1.82) is 0 Å². The number of hydrogen-bond donors (Lipinski definition) is 1. The molecule has 0 aliphatic carbocycles. The number of halogens is 1. The maximum Gasteiger partial charge on any atom is 0.270 e. The smallest absolute Gasteiger partial charge is 0.270 e. The number of nitrogens with zero attached hydrogens (tertiary/aromatic N) is 2. The summed E-state index contributed by atoms with van der Waals surface area (Å²) in [7, 11) is 0. The van der Waals surface area contributed by atoms with E-state index >= 15 is 0 Å². The van der Waals surface area contributed by atoms with Gasteiger partial charge in [-0.1, -0.05) is 52.3 Å². The van der Waals surface area contributed by atoms with E-state index < -0.39 is 0 Å². The molecule has 4 nitrogen and oxygen atoms in total. The fourth-order valence-electron chi connectivity index (χ4n) is 5.75. The zero-order valence-electron chi connectivity index (χ0n) is 17.3. The van der Waals surface area contributed by atoms with Crippen LogP contribution < -0.4 is 0 Å². The van der Waals surface area contributed by atoms with Crippen LogP contribution in [0.4, 0.5) is 0 Å². The first kappa shape index (κ1) is 18.9. The lowest BCUT2D eigenvalue weighted by Crippen LogP contribution is -2.41. The number of fused-ring (bicyclic) bond motifs is 6. The normalized spacial score (nSPS) is 22.5. The molecular weight excluding hydrogens is 450 g/mol. The molecule has 2 aromatic carbocycles. The molecule has 6 rings (SSSR count). The molecule has 3 aromatic rings. The van der Waals surface area contributed by atoms with E-state index in [9.17, 15) is 4.79 Å². The molecule has 1 N–H and O–H groups in total. The summed E-state index contributed by atoms with van der Waals surface area (Å²) in [6, 6.07) is 17.4. The maximum atomic E-state index is 13.5. The first-order valence-corrected chi connectivity index (χ1v) is 11.7. The molecule has 0 unspecified atom stereocenters. The Morgan fingerprint density at radius 1 is 1.16 bits per heavy atom. The predicted molar refractivity (Wildman–Crippen MR) is 127 cm³/mol. The van der Waals surface area contributed by atoms with E-state index in [1.54, 1.807) is 0 Å². The second kappa shape index (κ2) is 7.13. The summed E-state index contributed by atoms with van der Waals surface area (Å²) in [5.74, 6) is 0.391. The Kier molecular flexibility index (Phi) is 4.35. The summed E-state index contributed by atoms with van der Waals surface area (Å²) in [6.07, 6.45) is 3.77. The fourth-order valence-corrected chi connectivity index (χ4v) is 6.02. The molecule has 2 atom stereocenters. The highest BCUT2D eigenvalue weighted by Crippen LogP contribution is 2.50. The third-order valence-electron chi connectivity index (χ3n) is 7.10. The summed E-state index contributed by atoms with van der Waals surface area (Å²) in [4.78, 5) is 21.5.